The summed E-state index contributed by atoms with van der Waals surface area (Å²) < 4.78 is 5.67. The first-order valence-electron chi connectivity index (χ1n) is 7.74. The number of nitrogens with one attached hydrogen (secondary N) is 1. The third-order valence-corrected chi connectivity index (χ3v) is 5.56. The number of aryl methyl sites for hydroxylation is 1. The summed E-state index contributed by atoms with van der Waals surface area (Å²) >= 11 is 2.07. The van der Waals surface area contributed by atoms with Crippen LogP contribution in [0.4, 0.5) is 0 Å². The largest absolute Gasteiger partial charge is 0.377 e. The molecule has 2 rings (SSSR count). The molecule has 1 aromatic carbocycles. The minimum atomic E-state index is 0.406. The van der Waals surface area contributed by atoms with Gasteiger partial charge < -0.3 is 10.1 Å². The van der Waals surface area contributed by atoms with Gasteiger partial charge in [-0.15, -0.1) is 0 Å². The van der Waals surface area contributed by atoms with Gasteiger partial charge in [0.15, 0.2) is 0 Å². The predicted molar refractivity (Wildman–Crippen MR) is 88.5 cm³/mol. The molecular weight excluding hydrogens is 266 g/mol. The lowest BCUT2D eigenvalue weighted by Crippen LogP contribution is -2.26. The summed E-state index contributed by atoms with van der Waals surface area (Å²) in [5, 5.41) is 4.36. The van der Waals surface area contributed by atoms with E-state index in [0.29, 0.717) is 17.4 Å². The average molecular weight is 293 g/mol. The first-order chi connectivity index (χ1) is 9.72. The van der Waals surface area contributed by atoms with Crippen LogP contribution in [0.5, 0.6) is 0 Å². The molecule has 0 spiro atoms. The number of hydrogen-bond donors (Lipinski definition) is 1. The van der Waals surface area contributed by atoms with E-state index in [9.17, 15) is 0 Å². The van der Waals surface area contributed by atoms with Crippen molar-refractivity contribution in [1.29, 1.82) is 0 Å². The van der Waals surface area contributed by atoms with Crippen LogP contribution in [0.15, 0.2) is 24.3 Å². The van der Waals surface area contributed by atoms with E-state index in [1.807, 2.05) is 0 Å². The lowest BCUT2D eigenvalue weighted by atomic mass is 10.0. The Labute approximate surface area is 127 Å². The van der Waals surface area contributed by atoms with Gasteiger partial charge >= 0.3 is 0 Å². The fourth-order valence-corrected chi connectivity index (χ4v) is 4.06. The molecule has 1 aliphatic heterocycles. The molecule has 1 N–H and O–H groups in total. The first-order valence-corrected chi connectivity index (χ1v) is 8.79. The van der Waals surface area contributed by atoms with E-state index >= 15 is 0 Å². The molecule has 2 nitrogen and oxygen atoms in total. The van der Waals surface area contributed by atoms with Crippen molar-refractivity contribution in [2.45, 2.75) is 51.0 Å². The van der Waals surface area contributed by atoms with Crippen LogP contribution in [-0.2, 0) is 4.74 Å². The summed E-state index contributed by atoms with van der Waals surface area (Å²) in [6.45, 7) is 8.64. The molecule has 3 unspecified atom stereocenters. The Kier molecular flexibility index (Phi) is 6.40. The average Bonchev–Trinajstić information content (AvgIpc) is 2.86. The van der Waals surface area contributed by atoms with Crippen LogP contribution in [0, 0.1) is 6.92 Å². The van der Waals surface area contributed by atoms with Gasteiger partial charge in [-0.1, -0.05) is 31.2 Å². The van der Waals surface area contributed by atoms with Crippen molar-refractivity contribution < 1.29 is 4.74 Å². The van der Waals surface area contributed by atoms with Gasteiger partial charge in [0.2, 0.25) is 0 Å². The van der Waals surface area contributed by atoms with Crippen LogP contribution >= 0.6 is 11.8 Å². The number of hydrogen-bond acceptors (Lipinski definition) is 3. The van der Waals surface area contributed by atoms with Gasteiger partial charge in [-0.3, -0.25) is 0 Å². The molecule has 112 valence electrons. The summed E-state index contributed by atoms with van der Waals surface area (Å²) in [5.41, 5.74) is 2.83. The maximum atomic E-state index is 5.67. The van der Waals surface area contributed by atoms with E-state index in [1.54, 1.807) is 0 Å². The molecule has 3 atom stereocenters. The van der Waals surface area contributed by atoms with Crippen molar-refractivity contribution in [2.75, 3.05) is 18.9 Å². The van der Waals surface area contributed by atoms with E-state index in [0.717, 1.165) is 18.9 Å². The molecule has 1 aromatic rings. The van der Waals surface area contributed by atoms with Crippen molar-refractivity contribution in [3.05, 3.63) is 35.4 Å². The highest BCUT2D eigenvalue weighted by atomic mass is 32.2. The normalized spacial score (nSPS) is 23.9. The Morgan fingerprint density at radius 1 is 1.40 bits per heavy atom. The third kappa shape index (κ3) is 4.24. The van der Waals surface area contributed by atoms with E-state index in [4.69, 9.17) is 4.74 Å². The number of benzene rings is 1. The molecular formula is C17H27NOS. The molecule has 0 aromatic heterocycles. The Morgan fingerprint density at radius 3 is 2.85 bits per heavy atom. The molecule has 0 aliphatic carbocycles. The molecule has 1 saturated heterocycles. The molecule has 0 amide bonds. The molecule has 0 bridgehead atoms. The van der Waals surface area contributed by atoms with Crippen LogP contribution in [-0.4, -0.2) is 30.3 Å². The van der Waals surface area contributed by atoms with E-state index in [-0.39, 0.29) is 0 Å². The summed E-state index contributed by atoms with van der Waals surface area (Å²) in [5.74, 6) is 1.13. The highest BCUT2D eigenvalue weighted by Crippen LogP contribution is 2.30. The smallest absolute Gasteiger partial charge is 0.0666 e. The summed E-state index contributed by atoms with van der Waals surface area (Å²) in [4.78, 5) is 0. The molecule has 1 heterocycles. The van der Waals surface area contributed by atoms with Gasteiger partial charge in [0, 0.05) is 23.7 Å². The molecule has 1 fully saturated rings. The highest BCUT2D eigenvalue weighted by molar-refractivity contribution is 8.00. The van der Waals surface area contributed by atoms with Crippen LogP contribution in [0.2, 0.25) is 0 Å². The lowest BCUT2D eigenvalue weighted by molar-refractivity contribution is 0.127. The Hall–Kier alpha value is -0.510. The molecule has 20 heavy (non-hydrogen) atoms. The fourth-order valence-electron chi connectivity index (χ4n) is 2.71. The summed E-state index contributed by atoms with van der Waals surface area (Å²) in [7, 11) is 0. The Balaban J connectivity index is 1.98. The first kappa shape index (κ1) is 15.9. The zero-order valence-electron chi connectivity index (χ0n) is 12.9. The number of rotatable bonds is 7. The quantitative estimate of drug-likeness (QED) is 0.822. The van der Waals surface area contributed by atoms with Gasteiger partial charge in [0.1, 0.15) is 0 Å². The second kappa shape index (κ2) is 8.06. The monoisotopic (exact) mass is 293 g/mol. The minimum absolute atomic E-state index is 0.406. The minimum Gasteiger partial charge on any atom is -0.377 e. The Bertz CT molecular complexity index is 410. The Morgan fingerprint density at radius 2 is 2.20 bits per heavy atom. The number of thioether (sulfide) groups is 1. The van der Waals surface area contributed by atoms with Gasteiger partial charge in [-0.25, -0.2) is 0 Å². The second-order valence-corrected chi connectivity index (χ2v) is 6.87. The van der Waals surface area contributed by atoms with Crippen molar-refractivity contribution in [3.8, 4) is 0 Å². The van der Waals surface area contributed by atoms with Crippen LogP contribution in [0.25, 0.3) is 0 Å². The maximum absolute atomic E-state index is 5.67. The van der Waals surface area contributed by atoms with Gasteiger partial charge in [-0.2, -0.15) is 11.8 Å². The van der Waals surface area contributed by atoms with Gasteiger partial charge in [0.25, 0.3) is 0 Å². The van der Waals surface area contributed by atoms with Crippen molar-refractivity contribution in [1.82, 2.24) is 5.32 Å². The number of ether oxygens (including phenoxy) is 1. The lowest BCUT2D eigenvalue weighted by Gasteiger charge is -2.23. The molecule has 0 radical (unpaired) electrons. The van der Waals surface area contributed by atoms with Crippen LogP contribution < -0.4 is 5.32 Å². The maximum Gasteiger partial charge on any atom is 0.0666 e. The molecule has 1 aliphatic rings. The third-order valence-electron chi connectivity index (χ3n) is 3.99. The highest BCUT2D eigenvalue weighted by Gasteiger charge is 2.26. The van der Waals surface area contributed by atoms with Gasteiger partial charge in [-0.05, 0) is 44.4 Å². The van der Waals surface area contributed by atoms with E-state index < -0.39 is 0 Å². The van der Waals surface area contributed by atoms with Crippen molar-refractivity contribution in [3.63, 3.8) is 0 Å². The van der Waals surface area contributed by atoms with Crippen LogP contribution in [0.3, 0.4) is 0 Å². The van der Waals surface area contributed by atoms with E-state index in [2.05, 4.69) is 62.1 Å². The SMILES string of the molecule is CCCNC(CSC1CCOC1C)c1ccccc1C. The summed E-state index contributed by atoms with van der Waals surface area (Å²) in [6.07, 6.45) is 2.78. The van der Waals surface area contributed by atoms with Crippen molar-refractivity contribution >= 4 is 11.8 Å². The molecule has 3 heteroatoms. The summed E-state index contributed by atoms with van der Waals surface area (Å²) in [6, 6.07) is 9.19. The fraction of sp³-hybridized carbons (Fsp3) is 0.647. The topological polar surface area (TPSA) is 21.3 Å². The van der Waals surface area contributed by atoms with Crippen LogP contribution in [0.1, 0.15) is 43.9 Å². The predicted octanol–water partition coefficient (Wildman–Crippen LogP) is 3.95. The standard InChI is InChI=1S/C17H27NOS/c1-4-10-18-16(15-8-6-5-7-13(15)2)12-20-17-9-11-19-14(17)3/h5-8,14,16-18H,4,9-12H2,1-3H3. The zero-order chi connectivity index (χ0) is 14.4. The van der Waals surface area contributed by atoms with Gasteiger partial charge in [0.05, 0.1) is 6.10 Å². The van der Waals surface area contributed by atoms with Crippen molar-refractivity contribution in [2.24, 2.45) is 0 Å². The second-order valence-electron chi connectivity index (χ2n) is 5.60. The molecule has 0 saturated carbocycles. The van der Waals surface area contributed by atoms with E-state index in [1.165, 1.54) is 24.0 Å². The zero-order valence-corrected chi connectivity index (χ0v) is 13.7.